The van der Waals surface area contributed by atoms with Crippen molar-refractivity contribution in [1.29, 1.82) is 0 Å². The van der Waals surface area contributed by atoms with Crippen LogP contribution in [0.15, 0.2) is 42.5 Å². The molecule has 2 aromatic rings. The Kier molecular flexibility index (Phi) is 4.73. The van der Waals surface area contributed by atoms with Gasteiger partial charge in [0, 0.05) is 22.3 Å². The maximum Gasteiger partial charge on any atom is 0.0470 e. The zero-order valence-electron chi connectivity index (χ0n) is 11.1. The van der Waals surface area contributed by atoms with Gasteiger partial charge in [0.25, 0.3) is 0 Å². The van der Waals surface area contributed by atoms with Crippen LogP contribution >= 0.6 is 23.2 Å². The van der Waals surface area contributed by atoms with Gasteiger partial charge in [0.15, 0.2) is 0 Å². The Bertz CT molecular complexity index is 547. The molecule has 0 heterocycles. The van der Waals surface area contributed by atoms with Gasteiger partial charge >= 0.3 is 0 Å². The summed E-state index contributed by atoms with van der Waals surface area (Å²) in [7, 11) is 0. The highest BCUT2D eigenvalue weighted by Gasteiger charge is 2.02. The molecule has 0 aliphatic carbocycles. The zero-order valence-corrected chi connectivity index (χ0v) is 12.6. The molecule has 0 atom stereocenters. The highest BCUT2D eigenvalue weighted by atomic mass is 35.5. The number of hydrogen-bond donors (Lipinski definition) is 1. The standard InChI is InChI=1S/C16H17Cl2N/c1-11(2)12-4-7-15(8-5-12)19-10-13-3-6-14(17)9-16(13)18/h3-9,11,19H,10H2,1-2H3. The fourth-order valence-electron chi connectivity index (χ4n) is 1.85. The van der Waals surface area contributed by atoms with Crippen LogP contribution in [0.25, 0.3) is 0 Å². The molecule has 0 bridgehead atoms. The number of benzene rings is 2. The summed E-state index contributed by atoms with van der Waals surface area (Å²) in [5, 5.41) is 4.72. The Morgan fingerprint density at radius 2 is 1.68 bits per heavy atom. The molecule has 0 saturated carbocycles. The molecule has 3 heteroatoms. The summed E-state index contributed by atoms with van der Waals surface area (Å²) in [4.78, 5) is 0. The molecule has 0 fully saturated rings. The molecule has 0 aromatic heterocycles. The summed E-state index contributed by atoms with van der Waals surface area (Å²) in [5.41, 5.74) is 3.48. The van der Waals surface area contributed by atoms with Gasteiger partial charge in [-0.05, 0) is 41.3 Å². The van der Waals surface area contributed by atoms with E-state index in [1.165, 1.54) is 5.56 Å². The van der Waals surface area contributed by atoms with E-state index in [-0.39, 0.29) is 0 Å². The van der Waals surface area contributed by atoms with Crippen LogP contribution in [-0.2, 0) is 6.54 Å². The van der Waals surface area contributed by atoms with Crippen LogP contribution in [0.3, 0.4) is 0 Å². The van der Waals surface area contributed by atoms with E-state index in [1.54, 1.807) is 6.07 Å². The van der Waals surface area contributed by atoms with E-state index in [0.717, 1.165) is 11.3 Å². The average molecular weight is 294 g/mol. The van der Waals surface area contributed by atoms with Gasteiger partial charge in [-0.15, -0.1) is 0 Å². The van der Waals surface area contributed by atoms with Crippen molar-refractivity contribution in [3.8, 4) is 0 Å². The molecule has 1 N–H and O–H groups in total. The minimum atomic E-state index is 0.555. The van der Waals surface area contributed by atoms with Gasteiger partial charge in [-0.1, -0.05) is 55.2 Å². The van der Waals surface area contributed by atoms with Gasteiger partial charge in [-0.3, -0.25) is 0 Å². The van der Waals surface area contributed by atoms with Crippen LogP contribution in [0.1, 0.15) is 30.9 Å². The van der Waals surface area contributed by atoms with E-state index in [0.29, 0.717) is 22.5 Å². The van der Waals surface area contributed by atoms with E-state index >= 15 is 0 Å². The van der Waals surface area contributed by atoms with Crippen LogP contribution in [-0.4, -0.2) is 0 Å². The van der Waals surface area contributed by atoms with Crippen molar-refractivity contribution in [3.63, 3.8) is 0 Å². The highest BCUT2D eigenvalue weighted by Crippen LogP contribution is 2.22. The second-order valence-corrected chi connectivity index (χ2v) is 5.71. The zero-order chi connectivity index (χ0) is 13.8. The van der Waals surface area contributed by atoms with Crippen molar-refractivity contribution in [3.05, 3.63) is 63.6 Å². The average Bonchev–Trinajstić information content (AvgIpc) is 2.38. The Morgan fingerprint density at radius 3 is 2.26 bits per heavy atom. The number of rotatable bonds is 4. The molecule has 2 rings (SSSR count). The lowest BCUT2D eigenvalue weighted by Gasteiger charge is -2.10. The normalized spacial score (nSPS) is 10.8. The second-order valence-electron chi connectivity index (χ2n) is 4.87. The SMILES string of the molecule is CC(C)c1ccc(NCc2ccc(Cl)cc2Cl)cc1. The molecule has 100 valence electrons. The van der Waals surface area contributed by atoms with Gasteiger partial charge in [0.1, 0.15) is 0 Å². The van der Waals surface area contributed by atoms with E-state index < -0.39 is 0 Å². The van der Waals surface area contributed by atoms with Crippen molar-refractivity contribution < 1.29 is 0 Å². The summed E-state index contributed by atoms with van der Waals surface area (Å²) in [6, 6.07) is 14.1. The minimum Gasteiger partial charge on any atom is -0.381 e. The third-order valence-electron chi connectivity index (χ3n) is 3.08. The molecule has 0 amide bonds. The first kappa shape index (κ1) is 14.2. The summed E-state index contributed by atoms with van der Waals surface area (Å²) in [6.45, 7) is 5.07. The first-order valence-corrected chi connectivity index (χ1v) is 7.09. The fourth-order valence-corrected chi connectivity index (χ4v) is 2.32. The van der Waals surface area contributed by atoms with Crippen molar-refractivity contribution in [1.82, 2.24) is 0 Å². The Hall–Kier alpha value is -1.18. The minimum absolute atomic E-state index is 0.555. The third kappa shape index (κ3) is 3.89. The van der Waals surface area contributed by atoms with Crippen LogP contribution in [0.2, 0.25) is 10.0 Å². The molecule has 0 spiro atoms. The largest absolute Gasteiger partial charge is 0.381 e. The molecule has 1 nitrogen and oxygen atoms in total. The van der Waals surface area contributed by atoms with Crippen molar-refractivity contribution in [2.45, 2.75) is 26.3 Å². The summed E-state index contributed by atoms with van der Waals surface area (Å²) >= 11 is 12.0. The molecule has 0 aliphatic rings. The van der Waals surface area contributed by atoms with Gasteiger partial charge in [-0.2, -0.15) is 0 Å². The first-order valence-electron chi connectivity index (χ1n) is 6.34. The molecule has 0 radical (unpaired) electrons. The van der Waals surface area contributed by atoms with Gasteiger partial charge in [0.05, 0.1) is 0 Å². The smallest absolute Gasteiger partial charge is 0.0470 e. The van der Waals surface area contributed by atoms with Crippen LogP contribution in [0.5, 0.6) is 0 Å². The molecule has 0 unspecified atom stereocenters. The van der Waals surface area contributed by atoms with E-state index in [2.05, 4.69) is 43.4 Å². The second kappa shape index (κ2) is 6.31. The van der Waals surface area contributed by atoms with E-state index in [1.807, 2.05) is 12.1 Å². The van der Waals surface area contributed by atoms with Crippen molar-refractivity contribution in [2.24, 2.45) is 0 Å². The summed E-state index contributed by atoms with van der Waals surface area (Å²) < 4.78 is 0. The maximum atomic E-state index is 6.14. The van der Waals surface area contributed by atoms with Gasteiger partial charge < -0.3 is 5.32 Å². The molecule has 19 heavy (non-hydrogen) atoms. The Labute approximate surface area is 124 Å². The molecule has 0 saturated heterocycles. The highest BCUT2D eigenvalue weighted by molar-refractivity contribution is 6.35. The summed E-state index contributed by atoms with van der Waals surface area (Å²) in [6.07, 6.45) is 0. The maximum absolute atomic E-state index is 6.14. The monoisotopic (exact) mass is 293 g/mol. The number of nitrogens with one attached hydrogen (secondary N) is 1. The molecule has 0 aliphatic heterocycles. The first-order chi connectivity index (χ1) is 9.06. The molecule has 2 aromatic carbocycles. The molecular formula is C16H17Cl2N. The lowest BCUT2D eigenvalue weighted by atomic mass is 10.0. The number of halogens is 2. The lowest BCUT2D eigenvalue weighted by molar-refractivity contribution is 0.867. The predicted molar refractivity (Wildman–Crippen MR) is 84.3 cm³/mol. The van der Waals surface area contributed by atoms with E-state index in [9.17, 15) is 0 Å². The van der Waals surface area contributed by atoms with Crippen molar-refractivity contribution in [2.75, 3.05) is 5.32 Å². The number of anilines is 1. The topological polar surface area (TPSA) is 12.0 Å². The fraction of sp³-hybridized carbons (Fsp3) is 0.250. The van der Waals surface area contributed by atoms with E-state index in [4.69, 9.17) is 23.2 Å². The third-order valence-corrected chi connectivity index (χ3v) is 3.66. The Balaban J connectivity index is 2.02. The Morgan fingerprint density at radius 1 is 1.00 bits per heavy atom. The lowest BCUT2D eigenvalue weighted by Crippen LogP contribution is -2.00. The molecular weight excluding hydrogens is 277 g/mol. The predicted octanol–water partition coefficient (Wildman–Crippen LogP) is 5.73. The van der Waals surface area contributed by atoms with Crippen LogP contribution in [0, 0.1) is 0 Å². The quantitative estimate of drug-likeness (QED) is 0.759. The van der Waals surface area contributed by atoms with Crippen molar-refractivity contribution >= 4 is 28.9 Å². The number of hydrogen-bond acceptors (Lipinski definition) is 1. The van der Waals surface area contributed by atoms with Gasteiger partial charge in [0.2, 0.25) is 0 Å². The van der Waals surface area contributed by atoms with Crippen LogP contribution < -0.4 is 5.32 Å². The van der Waals surface area contributed by atoms with Gasteiger partial charge in [-0.25, -0.2) is 0 Å². The summed E-state index contributed by atoms with van der Waals surface area (Å²) in [5.74, 6) is 0.555. The van der Waals surface area contributed by atoms with Crippen LogP contribution in [0.4, 0.5) is 5.69 Å².